The maximum absolute atomic E-state index is 14.9. The highest BCUT2D eigenvalue weighted by Crippen LogP contribution is 2.35. The molecule has 0 bridgehead atoms. The number of carbonyl (C=O) groups excluding carboxylic acids is 1. The normalized spacial score (nSPS) is 15.1. The quantitative estimate of drug-likeness (QED) is 0.0268. The van der Waals surface area contributed by atoms with Crippen LogP contribution in [0.5, 0.6) is 17.2 Å². The van der Waals surface area contributed by atoms with Gasteiger partial charge in [-0.1, -0.05) is 29.3 Å². The molecule has 19 heteroatoms. The summed E-state index contributed by atoms with van der Waals surface area (Å²) in [4.78, 5) is 19.0. The molecule has 0 radical (unpaired) electrons. The number of aryl methyl sites for hydroxylation is 2. The molecule has 4 heterocycles. The van der Waals surface area contributed by atoms with E-state index >= 15 is 0 Å². The highest BCUT2D eigenvalue weighted by molar-refractivity contribution is 5.94. The van der Waals surface area contributed by atoms with Gasteiger partial charge in [0.1, 0.15) is 47.8 Å². The number of methoxy groups -OCH3 is 1. The van der Waals surface area contributed by atoms with Crippen LogP contribution in [0.15, 0.2) is 89.7 Å². The molecule has 1 aliphatic heterocycles. The zero-order chi connectivity index (χ0) is 49.4. The van der Waals surface area contributed by atoms with Crippen molar-refractivity contribution in [3.63, 3.8) is 0 Å². The first-order valence-corrected chi connectivity index (χ1v) is 22.8. The SMILES string of the molecule is COc1cc(OCCOCCNC(=O)COc2cccc(Cn3cnc4c(N)cc(-c5c(C)noc5C)cc43)c2)ccc1NCC#Cc1cc2c(N[C@@H]3CCN(C)C[C@@H]3F)cccc2n1CC(F)(F)F. The number of nitrogens with two attached hydrogens (primary N) is 1. The highest BCUT2D eigenvalue weighted by atomic mass is 19.4. The van der Waals surface area contributed by atoms with E-state index in [1.54, 1.807) is 54.9 Å². The molecule has 5 N–H and O–H groups in total. The van der Waals surface area contributed by atoms with Gasteiger partial charge in [0, 0.05) is 48.9 Å². The summed E-state index contributed by atoms with van der Waals surface area (Å²) >= 11 is 0. The minimum Gasteiger partial charge on any atom is -0.494 e. The summed E-state index contributed by atoms with van der Waals surface area (Å²) in [6, 6.07) is 22.8. The Kier molecular flexibility index (Phi) is 15.3. The number of halogens is 4. The van der Waals surface area contributed by atoms with Crippen LogP contribution in [-0.2, 0) is 22.6 Å². The molecule has 70 heavy (non-hydrogen) atoms. The number of nitrogens with zero attached hydrogens (tertiary/aromatic N) is 5. The van der Waals surface area contributed by atoms with Gasteiger partial charge >= 0.3 is 6.18 Å². The molecule has 1 fully saturated rings. The topological polar surface area (TPSA) is 168 Å². The number of ether oxygens (including phenoxy) is 4. The maximum Gasteiger partial charge on any atom is 0.406 e. The number of benzene rings is 4. The van der Waals surface area contributed by atoms with Gasteiger partial charge in [-0.25, -0.2) is 9.37 Å². The van der Waals surface area contributed by atoms with Gasteiger partial charge in [-0.05, 0) is 99.0 Å². The van der Waals surface area contributed by atoms with Crippen molar-refractivity contribution in [3.8, 4) is 40.2 Å². The van der Waals surface area contributed by atoms with E-state index in [4.69, 9.17) is 29.2 Å². The van der Waals surface area contributed by atoms with Crippen molar-refractivity contribution >= 4 is 44.9 Å². The van der Waals surface area contributed by atoms with E-state index in [1.807, 2.05) is 60.7 Å². The fraction of sp³-hybridized carbons (Fsp3) is 0.353. The summed E-state index contributed by atoms with van der Waals surface area (Å²) < 4.78 is 87.5. The molecule has 1 aliphatic rings. The number of nitrogen functional groups attached to an aromatic ring is 1. The summed E-state index contributed by atoms with van der Waals surface area (Å²) in [5.41, 5.74) is 13.7. The van der Waals surface area contributed by atoms with Gasteiger partial charge in [-0.2, -0.15) is 13.2 Å². The maximum atomic E-state index is 14.9. The van der Waals surface area contributed by atoms with Crippen LogP contribution in [-0.4, -0.2) is 115 Å². The second-order valence-electron chi connectivity index (χ2n) is 17.1. The number of imidazole rings is 1. The molecule has 8 rings (SSSR count). The molecule has 0 aliphatic carbocycles. The van der Waals surface area contributed by atoms with Crippen LogP contribution in [0, 0.1) is 25.7 Å². The minimum absolute atomic E-state index is 0.104. The number of aromatic nitrogens is 4. The van der Waals surface area contributed by atoms with Gasteiger partial charge in [0.2, 0.25) is 0 Å². The molecule has 0 unspecified atom stereocenters. The number of hydrogen-bond donors (Lipinski definition) is 4. The smallest absolute Gasteiger partial charge is 0.406 e. The first-order valence-electron chi connectivity index (χ1n) is 22.8. The van der Waals surface area contributed by atoms with Crippen molar-refractivity contribution < 1.29 is 45.8 Å². The van der Waals surface area contributed by atoms with Crippen molar-refractivity contribution in [1.29, 1.82) is 0 Å². The fourth-order valence-corrected chi connectivity index (χ4v) is 8.53. The Hall–Kier alpha value is -7.43. The van der Waals surface area contributed by atoms with Crippen LogP contribution in [0.1, 0.15) is 29.1 Å². The lowest BCUT2D eigenvalue weighted by molar-refractivity contribution is -0.140. The molecule has 368 valence electrons. The molecule has 2 atom stereocenters. The number of likely N-dealkylation sites (tertiary alicyclic amines) is 1. The van der Waals surface area contributed by atoms with Crippen molar-refractivity contribution in [1.82, 2.24) is 29.5 Å². The lowest BCUT2D eigenvalue weighted by Crippen LogP contribution is -2.46. The third-order valence-corrected chi connectivity index (χ3v) is 11.9. The van der Waals surface area contributed by atoms with Gasteiger partial charge in [0.25, 0.3) is 5.91 Å². The van der Waals surface area contributed by atoms with Crippen LogP contribution in [0.3, 0.4) is 0 Å². The Balaban J connectivity index is 0.761. The third-order valence-electron chi connectivity index (χ3n) is 11.9. The summed E-state index contributed by atoms with van der Waals surface area (Å²) in [6.07, 6.45) is -3.29. The van der Waals surface area contributed by atoms with Crippen LogP contribution in [0.2, 0.25) is 0 Å². The predicted octanol–water partition coefficient (Wildman–Crippen LogP) is 7.97. The lowest BCUT2D eigenvalue weighted by Gasteiger charge is -2.33. The van der Waals surface area contributed by atoms with Crippen LogP contribution < -0.4 is 35.9 Å². The zero-order valence-corrected chi connectivity index (χ0v) is 39.3. The van der Waals surface area contributed by atoms with Crippen molar-refractivity contribution in [2.45, 2.75) is 51.7 Å². The van der Waals surface area contributed by atoms with E-state index in [-0.39, 0.29) is 57.7 Å². The molecule has 1 saturated heterocycles. The van der Waals surface area contributed by atoms with Gasteiger partial charge in [0.05, 0.1) is 73.0 Å². The summed E-state index contributed by atoms with van der Waals surface area (Å²) in [5.74, 6) is 7.79. The van der Waals surface area contributed by atoms with Gasteiger partial charge < -0.3 is 59.2 Å². The van der Waals surface area contributed by atoms with Crippen molar-refractivity contribution in [3.05, 3.63) is 108 Å². The average Bonchev–Trinajstić information content (AvgIpc) is 4.01. The molecule has 4 aromatic carbocycles. The van der Waals surface area contributed by atoms with Crippen LogP contribution in [0.4, 0.5) is 34.6 Å². The Morgan fingerprint density at radius 3 is 2.59 bits per heavy atom. The van der Waals surface area contributed by atoms with Crippen LogP contribution in [0.25, 0.3) is 33.1 Å². The Labute approximate surface area is 402 Å². The second-order valence-corrected chi connectivity index (χ2v) is 17.1. The number of fused-ring (bicyclic) bond motifs is 2. The van der Waals surface area contributed by atoms with E-state index in [1.165, 1.54) is 7.11 Å². The minimum atomic E-state index is -4.49. The monoisotopic (exact) mass is 965 g/mol. The second kappa shape index (κ2) is 21.9. The summed E-state index contributed by atoms with van der Waals surface area (Å²) in [7, 11) is 3.37. The molecule has 0 spiro atoms. The lowest BCUT2D eigenvalue weighted by atomic mass is 10.0. The number of rotatable bonds is 19. The molecular formula is C51H55F4N9O6. The van der Waals surface area contributed by atoms with Gasteiger partial charge in [-0.3, -0.25) is 4.79 Å². The van der Waals surface area contributed by atoms with E-state index in [9.17, 15) is 22.4 Å². The molecule has 7 aromatic rings. The Morgan fingerprint density at radius 2 is 1.80 bits per heavy atom. The number of alkyl halides is 4. The molecular weight excluding hydrogens is 911 g/mol. The largest absolute Gasteiger partial charge is 0.494 e. The van der Waals surface area contributed by atoms with Crippen molar-refractivity contribution in [2.75, 3.05) is 83.1 Å². The molecule has 3 aromatic heterocycles. The standard InChI is InChI=1S/C51H55F4N9O6/c1-32-49(33(2)70-61-32)35-23-41(56)50-46(24-35)63(31-59-50)27-34-8-5-10-37(22-34)69-29-48(65)58-17-19-67-20-21-68-38-13-14-44(47(26-38)66-4)57-16-7-9-36-25-39-42(60-43-15-18-62(3)28-40(43)52)11-6-12-45(39)64(36)30-51(53,54)55/h5-6,8,10-14,22-26,31,40,43,57,60H,15-21,27-30,56H2,1-4H3,(H,58,65)/t40-,43+/m0/s1. The Bertz CT molecular complexity index is 2990. The molecule has 0 saturated carbocycles. The van der Waals surface area contributed by atoms with E-state index < -0.39 is 24.9 Å². The first kappa shape index (κ1) is 49.0. The number of amides is 1. The predicted molar refractivity (Wildman–Crippen MR) is 260 cm³/mol. The number of piperidine rings is 1. The zero-order valence-electron chi connectivity index (χ0n) is 39.3. The number of nitrogens with one attached hydrogen (secondary N) is 3. The average molecular weight is 966 g/mol. The number of anilines is 3. The highest BCUT2D eigenvalue weighted by Gasteiger charge is 2.31. The van der Waals surface area contributed by atoms with Gasteiger partial charge in [-0.15, -0.1) is 0 Å². The van der Waals surface area contributed by atoms with E-state index in [0.717, 1.165) is 32.5 Å². The van der Waals surface area contributed by atoms with Gasteiger partial charge in [0.15, 0.2) is 6.61 Å². The van der Waals surface area contributed by atoms with Crippen LogP contribution >= 0.6 is 0 Å². The van der Waals surface area contributed by atoms with E-state index in [0.29, 0.717) is 76.0 Å². The number of carbonyl (C=O) groups is 1. The Morgan fingerprint density at radius 1 is 0.971 bits per heavy atom. The number of hydrogen-bond acceptors (Lipinski definition) is 12. The molecule has 15 nitrogen and oxygen atoms in total. The third kappa shape index (κ3) is 12.0. The molecule has 1 amide bonds. The van der Waals surface area contributed by atoms with E-state index in [2.05, 4.69) is 37.9 Å². The summed E-state index contributed by atoms with van der Waals surface area (Å²) in [5, 5.41) is 13.8. The fourth-order valence-electron chi connectivity index (χ4n) is 8.53. The first-order chi connectivity index (χ1) is 33.7. The van der Waals surface area contributed by atoms with Crippen molar-refractivity contribution in [2.24, 2.45) is 0 Å². The summed E-state index contributed by atoms with van der Waals surface area (Å²) in [6.45, 7) is 4.97.